The number of carbonyl (C=O) groups is 1. The van der Waals surface area contributed by atoms with Crippen molar-refractivity contribution < 1.29 is 14.7 Å². The molecule has 7 heteroatoms. The van der Waals surface area contributed by atoms with Gasteiger partial charge in [-0.1, -0.05) is 0 Å². The lowest BCUT2D eigenvalue weighted by Crippen LogP contribution is -2.55. The summed E-state index contributed by atoms with van der Waals surface area (Å²) < 4.78 is 6.36. The number of aryl methyl sites for hydroxylation is 1. The molecule has 0 atom stereocenters. The van der Waals surface area contributed by atoms with Crippen LogP contribution < -0.4 is 15.2 Å². The molecule has 0 spiro atoms. The maximum absolute atomic E-state index is 11.8. The van der Waals surface area contributed by atoms with Crippen molar-refractivity contribution in [1.82, 2.24) is 4.98 Å². The molecular formula is C14H13IN3O3+. The summed E-state index contributed by atoms with van der Waals surface area (Å²) in [6.07, 6.45) is 0. The number of nitroso groups, excluding NO2 is 1. The first-order chi connectivity index (χ1) is 10.1. The molecule has 0 aliphatic rings. The summed E-state index contributed by atoms with van der Waals surface area (Å²) in [5.41, 5.74) is 1.29. The molecule has 21 heavy (non-hydrogen) atoms. The predicted octanol–water partition coefficient (Wildman–Crippen LogP) is 1.49. The number of nitrogens with zero attached hydrogens (tertiary/aromatic N) is 1. The molecule has 1 aromatic heterocycles. The third-order valence-electron chi connectivity index (χ3n) is 2.63. The number of aromatic nitrogens is 1. The topological polar surface area (TPSA) is 82.3 Å². The quantitative estimate of drug-likeness (QED) is 0.748. The van der Waals surface area contributed by atoms with E-state index in [9.17, 15) is 9.70 Å². The van der Waals surface area contributed by atoms with Crippen molar-refractivity contribution in [3.8, 4) is 5.75 Å². The van der Waals surface area contributed by atoms with Crippen LogP contribution in [0.3, 0.4) is 0 Å². The van der Waals surface area contributed by atoms with Crippen LogP contribution in [0.4, 0.5) is 11.5 Å². The van der Waals surface area contributed by atoms with Gasteiger partial charge in [0.1, 0.15) is 11.6 Å². The lowest BCUT2D eigenvalue weighted by atomic mass is 10.3. The zero-order valence-electron chi connectivity index (χ0n) is 11.2. The molecule has 0 fully saturated rings. The third-order valence-corrected chi connectivity index (χ3v) is 3.77. The van der Waals surface area contributed by atoms with Crippen molar-refractivity contribution in [2.45, 2.75) is 6.92 Å². The Morgan fingerprint density at radius 3 is 2.62 bits per heavy atom. The highest BCUT2D eigenvalue weighted by Gasteiger charge is 2.06. The first-order valence-corrected chi connectivity index (χ1v) is 7.20. The Balaban J connectivity index is 1.89. The average Bonchev–Trinajstić information content (AvgIpc) is 2.49. The minimum Gasteiger partial charge on any atom is -0.484 e. The van der Waals surface area contributed by atoms with E-state index in [0.717, 1.165) is 9.26 Å². The van der Waals surface area contributed by atoms with Crippen LogP contribution in [0.5, 0.6) is 5.75 Å². The van der Waals surface area contributed by atoms with E-state index in [1.54, 1.807) is 35.5 Å². The molecule has 1 amide bonds. The van der Waals surface area contributed by atoms with Crippen LogP contribution in [-0.2, 0) is 4.79 Å². The molecule has 0 saturated heterocycles. The number of amides is 1. The van der Waals surface area contributed by atoms with Crippen LogP contribution in [0.15, 0.2) is 36.4 Å². The second-order valence-electron chi connectivity index (χ2n) is 4.23. The summed E-state index contributed by atoms with van der Waals surface area (Å²) >= 11 is 2.18. The molecule has 0 radical (unpaired) electrons. The molecule has 0 unspecified atom stereocenters. The van der Waals surface area contributed by atoms with Gasteiger partial charge in [0.05, 0.1) is 5.69 Å². The maximum atomic E-state index is 11.8. The summed E-state index contributed by atoms with van der Waals surface area (Å²) in [5.74, 6) is 0.706. The second kappa shape index (κ2) is 7.11. The zero-order valence-corrected chi connectivity index (χ0v) is 13.4. The van der Waals surface area contributed by atoms with Crippen LogP contribution in [0.1, 0.15) is 5.69 Å². The van der Waals surface area contributed by atoms with Gasteiger partial charge in [-0.25, -0.2) is 4.98 Å². The highest BCUT2D eigenvalue weighted by Crippen LogP contribution is 2.14. The molecule has 6 nitrogen and oxygen atoms in total. The number of hydrogen-bond acceptors (Lipinski definition) is 4. The molecule has 0 aliphatic heterocycles. The van der Waals surface area contributed by atoms with Gasteiger partial charge in [-0.05, 0) is 53.8 Å². The highest BCUT2D eigenvalue weighted by atomic mass is 127. The largest absolute Gasteiger partial charge is 0.484 e. The fraction of sp³-hybridized carbons (Fsp3) is 0.143. The first-order valence-electron chi connectivity index (χ1n) is 6.12. The summed E-state index contributed by atoms with van der Waals surface area (Å²) in [7, 11) is 0. The molecule has 1 aromatic carbocycles. The number of halogens is 1. The van der Waals surface area contributed by atoms with Crippen LogP contribution in [0, 0.1) is 15.4 Å². The smallest absolute Gasteiger partial charge is 0.263 e. The summed E-state index contributed by atoms with van der Waals surface area (Å²) in [4.78, 5) is 26.4. The maximum Gasteiger partial charge on any atom is 0.263 e. The Labute approximate surface area is 135 Å². The number of anilines is 1. The summed E-state index contributed by atoms with van der Waals surface area (Å²) in [5, 5.41) is 4.43. The molecule has 2 N–H and O–H groups in total. The summed E-state index contributed by atoms with van der Waals surface area (Å²) in [6.45, 7) is 1.75. The van der Waals surface area contributed by atoms with Crippen molar-refractivity contribution in [2.75, 3.05) is 11.9 Å². The molecule has 0 aliphatic carbocycles. The zero-order chi connectivity index (χ0) is 15.2. The van der Waals surface area contributed by atoms with E-state index in [0.29, 0.717) is 17.3 Å². The Morgan fingerprint density at radius 2 is 2.00 bits per heavy atom. The molecule has 0 bridgehead atoms. The van der Waals surface area contributed by atoms with Crippen LogP contribution in [0.2, 0.25) is 0 Å². The van der Waals surface area contributed by atoms with Crippen molar-refractivity contribution in [2.24, 2.45) is 0 Å². The van der Waals surface area contributed by atoms with E-state index in [-0.39, 0.29) is 12.5 Å². The van der Waals surface area contributed by atoms with Crippen molar-refractivity contribution >= 4 is 40.0 Å². The minimum atomic E-state index is -0.297. The van der Waals surface area contributed by atoms with Gasteiger partial charge in [0.25, 0.3) is 11.6 Å². The fourth-order valence-electron chi connectivity index (χ4n) is 1.56. The van der Waals surface area contributed by atoms with Gasteiger partial charge in [0, 0.05) is 25.8 Å². The van der Waals surface area contributed by atoms with Crippen LogP contribution in [0.25, 0.3) is 0 Å². The number of pyridine rings is 1. The Kier molecular flexibility index (Phi) is 5.20. The molecule has 1 heterocycles. The van der Waals surface area contributed by atoms with Crippen molar-refractivity contribution in [3.63, 3.8) is 0 Å². The Bertz CT molecular complexity index is 659. The van der Waals surface area contributed by atoms with Gasteiger partial charge < -0.3 is 10.1 Å². The standard InChI is InChI=1S/C14H12IN3O3/c1-9-12(15)6-7-13(16-9)17-14(19)8-21-11-4-2-10(18-20)3-5-11/h2-7H,8H2,1H3,(H,16,17,19)/p+1. The molecular weight excluding hydrogens is 385 g/mol. The Hall–Kier alpha value is -2.03. The number of rotatable bonds is 5. The van der Waals surface area contributed by atoms with Gasteiger partial charge in [-0.3, -0.25) is 4.79 Å². The number of nitrogens with one attached hydrogen (secondary N) is 2. The van der Waals surface area contributed by atoms with Crippen molar-refractivity contribution in [1.29, 1.82) is 0 Å². The van der Waals surface area contributed by atoms with E-state index in [1.807, 2.05) is 13.0 Å². The van der Waals surface area contributed by atoms with Crippen LogP contribution >= 0.6 is 22.6 Å². The van der Waals surface area contributed by atoms with Gasteiger partial charge in [-0.2, -0.15) is 0 Å². The number of hydrogen-bond donors (Lipinski definition) is 2. The van der Waals surface area contributed by atoms with Gasteiger partial charge in [-0.15, -0.1) is 0 Å². The predicted molar refractivity (Wildman–Crippen MR) is 86.2 cm³/mol. The van der Waals surface area contributed by atoms with Gasteiger partial charge in [0.15, 0.2) is 6.61 Å². The number of carbonyl (C=O) groups excluding carboxylic acids is 1. The number of benzene rings is 1. The van der Waals surface area contributed by atoms with Gasteiger partial charge in [0.2, 0.25) is 0 Å². The summed E-state index contributed by atoms with van der Waals surface area (Å²) in [6, 6.07) is 9.99. The van der Waals surface area contributed by atoms with Gasteiger partial charge >= 0.3 is 0 Å². The van der Waals surface area contributed by atoms with E-state index < -0.39 is 0 Å². The Morgan fingerprint density at radius 1 is 1.29 bits per heavy atom. The lowest BCUT2D eigenvalue weighted by molar-refractivity contribution is -0.379. The lowest BCUT2D eigenvalue weighted by Gasteiger charge is -2.07. The van der Waals surface area contributed by atoms with E-state index in [1.165, 1.54) is 0 Å². The molecule has 2 aromatic rings. The fourth-order valence-corrected chi connectivity index (χ4v) is 1.86. The molecule has 108 valence electrons. The van der Waals surface area contributed by atoms with E-state index >= 15 is 0 Å². The second-order valence-corrected chi connectivity index (χ2v) is 5.39. The van der Waals surface area contributed by atoms with Crippen LogP contribution in [-0.4, -0.2) is 17.5 Å². The van der Waals surface area contributed by atoms with E-state index in [4.69, 9.17) is 4.74 Å². The van der Waals surface area contributed by atoms with Crippen molar-refractivity contribution in [3.05, 3.63) is 50.6 Å². The monoisotopic (exact) mass is 398 g/mol. The molecule has 0 saturated carbocycles. The average molecular weight is 398 g/mol. The molecule has 2 rings (SSSR count). The SMILES string of the molecule is Cc1nc(NC(=O)COc2ccc([NH+]=O)cc2)ccc1I. The minimum absolute atomic E-state index is 0.128. The van der Waals surface area contributed by atoms with E-state index in [2.05, 4.69) is 32.9 Å². The normalized spacial score (nSPS) is 10.0. The third kappa shape index (κ3) is 4.48. The number of ether oxygens (including phenoxy) is 1. The highest BCUT2D eigenvalue weighted by molar-refractivity contribution is 14.1. The first kappa shape index (κ1) is 15.4.